The molecule has 0 unspecified atom stereocenters. The Labute approximate surface area is 184 Å². The van der Waals surface area contributed by atoms with Gasteiger partial charge in [-0.25, -0.2) is 0 Å². The molecule has 164 valence electrons. The fraction of sp³-hybridized carbons (Fsp3) is 0.500. The zero-order valence-electron chi connectivity index (χ0n) is 18.4. The standard InChI is InChI=1S/C26H31NO4/c1-29-20-7-3-18(4-8-20)22-15-26(27-11-13-31-14-12-27)16-23(25(22)24(28)17-26)19-5-9-21(30-2)10-6-19/h3-10,22-23,25H,11-17H2,1-2H3/t22-,23-,25?,26?/m0/s1. The Kier molecular flexibility index (Phi) is 5.49. The molecule has 3 aliphatic carbocycles. The number of nitrogens with zero attached hydrogens (tertiary/aromatic N) is 1. The summed E-state index contributed by atoms with van der Waals surface area (Å²) < 4.78 is 16.4. The van der Waals surface area contributed by atoms with Crippen molar-refractivity contribution in [3.63, 3.8) is 0 Å². The lowest BCUT2D eigenvalue weighted by Crippen LogP contribution is -2.63. The highest BCUT2D eigenvalue weighted by molar-refractivity contribution is 5.87. The number of carbonyl (C=O) groups is 1. The van der Waals surface area contributed by atoms with Crippen LogP contribution in [0.2, 0.25) is 0 Å². The summed E-state index contributed by atoms with van der Waals surface area (Å²) in [5, 5.41) is 0. The van der Waals surface area contributed by atoms with Gasteiger partial charge in [0.1, 0.15) is 17.3 Å². The first kappa shape index (κ1) is 20.5. The molecule has 2 aromatic rings. The lowest BCUT2D eigenvalue weighted by atomic mass is 9.52. The molecule has 4 fully saturated rings. The Morgan fingerprint density at radius 2 is 1.32 bits per heavy atom. The van der Waals surface area contributed by atoms with Crippen LogP contribution in [0.25, 0.3) is 0 Å². The molecule has 1 aliphatic heterocycles. The topological polar surface area (TPSA) is 48.0 Å². The number of methoxy groups -OCH3 is 2. The van der Waals surface area contributed by atoms with Gasteiger partial charge in [0.2, 0.25) is 0 Å². The highest BCUT2D eigenvalue weighted by atomic mass is 16.5. The third kappa shape index (κ3) is 3.64. The van der Waals surface area contributed by atoms with E-state index < -0.39 is 0 Å². The second-order valence-electron chi connectivity index (χ2n) is 9.16. The number of morpholine rings is 1. The van der Waals surface area contributed by atoms with Crippen LogP contribution < -0.4 is 9.47 Å². The van der Waals surface area contributed by atoms with Crippen molar-refractivity contribution in [3.05, 3.63) is 59.7 Å². The second-order valence-corrected chi connectivity index (χ2v) is 9.16. The molecule has 0 radical (unpaired) electrons. The molecular weight excluding hydrogens is 390 g/mol. The monoisotopic (exact) mass is 421 g/mol. The Morgan fingerprint density at radius 3 is 1.77 bits per heavy atom. The maximum atomic E-state index is 13.6. The summed E-state index contributed by atoms with van der Waals surface area (Å²) in [6, 6.07) is 16.7. The first-order valence-corrected chi connectivity index (χ1v) is 11.3. The van der Waals surface area contributed by atoms with Crippen molar-refractivity contribution >= 4 is 5.78 Å². The molecule has 2 atom stereocenters. The molecule has 0 N–H and O–H groups in total. The highest BCUT2D eigenvalue weighted by Gasteiger charge is 2.57. The zero-order valence-corrected chi connectivity index (χ0v) is 18.4. The fourth-order valence-electron chi connectivity index (χ4n) is 6.23. The van der Waals surface area contributed by atoms with E-state index in [4.69, 9.17) is 14.2 Å². The quantitative estimate of drug-likeness (QED) is 0.730. The van der Waals surface area contributed by atoms with Gasteiger partial charge >= 0.3 is 0 Å². The molecule has 0 amide bonds. The van der Waals surface area contributed by atoms with Crippen LogP contribution in [0.3, 0.4) is 0 Å². The van der Waals surface area contributed by atoms with Crippen molar-refractivity contribution in [2.24, 2.45) is 5.92 Å². The molecular formula is C26H31NO4. The molecule has 31 heavy (non-hydrogen) atoms. The van der Waals surface area contributed by atoms with Gasteiger partial charge in [-0.05, 0) is 60.1 Å². The fourth-order valence-corrected chi connectivity index (χ4v) is 6.23. The molecule has 6 rings (SSSR count). The van der Waals surface area contributed by atoms with Crippen LogP contribution >= 0.6 is 0 Å². The first-order valence-electron chi connectivity index (χ1n) is 11.3. The van der Waals surface area contributed by atoms with Gasteiger partial charge in [-0.2, -0.15) is 0 Å². The summed E-state index contributed by atoms with van der Waals surface area (Å²) in [6.07, 6.45) is 2.72. The van der Waals surface area contributed by atoms with E-state index in [0.717, 1.165) is 50.6 Å². The number of Topliss-reactive ketones (excluding diaryl/α,β-unsaturated/α-hetero) is 1. The predicted octanol–water partition coefficient (Wildman–Crippen LogP) is 4.03. The van der Waals surface area contributed by atoms with Crippen LogP contribution in [0.4, 0.5) is 0 Å². The van der Waals surface area contributed by atoms with Gasteiger partial charge in [0.25, 0.3) is 0 Å². The summed E-state index contributed by atoms with van der Waals surface area (Å²) in [6.45, 7) is 3.31. The molecule has 5 nitrogen and oxygen atoms in total. The molecule has 2 aromatic carbocycles. The van der Waals surface area contributed by atoms with E-state index in [0.29, 0.717) is 12.2 Å². The maximum absolute atomic E-state index is 13.6. The number of carbonyl (C=O) groups excluding carboxylic acids is 1. The Morgan fingerprint density at radius 1 is 0.839 bits per heavy atom. The number of benzene rings is 2. The average molecular weight is 422 g/mol. The maximum Gasteiger partial charge on any atom is 0.139 e. The minimum absolute atomic E-state index is 0.0182. The van der Waals surface area contributed by atoms with Crippen LogP contribution in [0.1, 0.15) is 42.2 Å². The molecule has 1 saturated heterocycles. The lowest BCUT2D eigenvalue weighted by molar-refractivity contribution is -0.143. The van der Waals surface area contributed by atoms with Crippen molar-refractivity contribution in [1.29, 1.82) is 0 Å². The van der Waals surface area contributed by atoms with E-state index in [1.54, 1.807) is 14.2 Å². The number of rotatable bonds is 5. The van der Waals surface area contributed by atoms with Crippen molar-refractivity contribution in [2.75, 3.05) is 40.5 Å². The average Bonchev–Trinajstić information content (AvgIpc) is 2.84. The van der Waals surface area contributed by atoms with Crippen molar-refractivity contribution < 1.29 is 19.0 Å². The number of fused-ring (bicyclic) bond motifs is 3. The number of hydrogen-bond donors (Lipinski definition) is 0. The van der Waals surface area contributed by atoms with E-state index in [2.05, 4.69) is 29.2 Å². The van der Waals surface area contributed by atoms with Crippen LogP contribution in [0.5, 0.6) is 11.5 Å². The third-order valence-corrected chi connectivity index (χ3v) is 7.71. The molecule has 0 spiro atoms. The van der Waals surface area contributed by atoms with Gasteiger partial charge < -0.3 is 14.2 Å². The smallest absolute Gasteiger partial charge is 0.139 e. The van der Waals surface area contributed by atoms with Gasteiger partial charge in [-0.15, -0.1) is 0 Å². The van der Waals surface area contributed by atoms with Crippen LogP contribution in [0, 0.1) is 5.92 Å². The Hall–Kier alpha value is -2.37. The minimum Gasteiger partial charge on any atom is -0.497 e. The predicted molar refractivity (Wildman–Crippen MR) is 119 cm³/mol. The van der Waals surface area contributed by atoms with Crippen molar-refractivity contribution in [3.8, 4) is 11.5 Å². The molecule has 4 aliphatic rings. The summed E-state index contributed by atoms with van der Waals surface area (Å²) in [4.78, 5) is 16.2. The minimum atomic E-state index is -0.0925. The number of ketones is 1. The first-order chi connectivity index (χ1) is 15.1. The molecule has 0 aromatic heterocycles. The Bertz CT molecular complexity index is 860. The number of hydrogen-bond acceptors (Lipinski definition) is 5. The molecule has 2 bridgehead atoms. The van der Waals surface area contributed by atoms with Gasteiger partial charge in [0.15, 0.2) is 0 Å². The summed E-state index contributed by atoms with van der Waals surface area (Å²) in [7, 11) is 3.38. The largest absolute Gasteiger partial charge is 0.497 e. The Balaban J connectivity index is 1.55. The van der Waals surface area contributed by atoms with Gasteiger partial charge in [0.05, 0.1) is 27.4 Å². The van der Waals surface area contributed by atoms with E-state index in [1.165, 1.54) is 11.1 Å². The summed E-state index contributed by atoms with van der Waals surface area (Å²) >= 11 is 0. The molecule has 1 heterocycles. The van der Waals surface area contributed by atoms with Crippen molar-refractivity contribution in [1.82, 2.24) is 4.90 Å². The van der Waals surface area contributed by atoms with Crippen LogP contribution in [-0.2, 0) is 9.53 Å². The van der Waals surface area contributed by atoms with Crippen LogP contribution in [0.15, 0.2) is 48.5 Å². The molecule has 5 heteroatoms. The van der Waals surface area contributed by atoms with E-state index in [1.807, 2.05) is 24.3 Å². The third-order valence-electron chi connectivity index (χ3n) is 7.71. The van der Waals surface area contributed by atoms with Gasteiger partial charge in [-0.3, -0.25) is 9.69 Å². The van der Waals surface area contributed by atoms with Gasteiger partial charge in [0, 0.05) is 31.0 Å². The number of ether oxygens (including phenoxy) is 3. The van der Waals surface area contributed by atoms with E-state index in [-0.39, 0.29) is 23.3 Å². The normalized spacial score (nSPS) is 30.9. The highest BCUT2D eigenvalue weighted by Crippen LogP contribution is 2.58. The van der Waals surface area contributed by atoms with E-state index >= 15 is 0 Å². The van der Waals surface area contributed by atoms with Crippen LogP contribution in [-0.4, -0.2) is 56.7 Å². The second kappa shape index (κ2) is 8.29. The summed E-state index contributed by atoms with van der Waals surface area (Å²) in [5.41, 5.74) is 2.40. The lowest BCUT2D eigenvalue weighted by Gasteiger charge is -2.59. The van der Waals surface area contributed by atoms with Gasteiger partial charge in [-0.1, -0.05) is 24.3 Å². The SMILES string of the molecule is COc1ccc([C@@H]2CC3(N4CCOCC4)CC(=O)C2[C@H](c2ccc(OC)cc2)C3)cc1. The van der Waals surface area contributed by atoms with Crippen molar-refractivity contribution in [2.45, 2.75) is 36.6 Å². The van der Waals surface area contributed by atoms with E-state index in [9.17, 15) is 4.79 Å². The summed E-state index contributed by atoms with van der Waals surface area (Å²) in [5.74, 6) is 2.57. The molecule has 3 saturated carbocycles. The zero-order chi connectivity index (χ0) is 21.4.